The molecule has 0 spiro atoms. The van der Waals surface area contributed by atoms with Gasteiger partial charge in [0.25, 0.3) is 0 Å². The molecule has 0 amide bonds. The average molecular weight is 272 g/mol. The van der Waals surface area contributed by atoms with Crippen molar-refractivity contribution in [3.05, 3.63) is 53.4 Å². The number of rotatable bonds is 4. The van der Waals surface area contributed by atoms with Crippen LogP contribution >= 0.6 is 11.6 Å². The number of benzene rings is 1. The predicted octanol–water partition coefficient (Wildman–Crippen LogP) is 2.41. The second-order valence-corrected chi connectivity index (χ2v) is 5.48. The van der Waals surface area contributed by atoms with Crippen molar-refractivity contribution in [2.45, 2.75) is 11.4 Å². The lowest BCUT2D eigenvalue weighted by molar-refractivity contribution is 0.500. The summed E-state index contributed by atoms with van der Waals surface area (Å²) in [5, 5.41) is 0.235. The van der Waals surface area contributed by atoms with Crippen molar-refractivity contribution in [2.75, 3.05) is 0 Å². The Morgan fingerprint density at radius 3 is 2.41 bits per heavy atom. The number of hydrogen-bond donors (Lipinski definition) is 1. The molecule has 4 nitrogen and oxygen atoms in total. The van der Waals surface area contributed by atoms with Crippen LogP contribution in [0, 0.1) is 0 Å². The maximum Gasteiger partial charge on any atom is 0.240 e. The fourth-order valence-electron chi connectivity index (χ4n) is 1.30. The van der Waals surface area contributed by atoms with Crippen LogP contribution in [0.25, 0.3) is 0 Å². The van der Waals surface area contributed by atoms with Crippen LogP contribution in [-0.2, 0) is 16.6 Å². The van der Waals surface area contributed by atoms with Crippen LogP contribution in [0.3, 0.4) is 0 Å². The molecule has 90 valence electrons. The summed E-state index contributed by atoms with van der Waals surface area (Å²) < 4.78 is 31.1. The highest BCUT2D eigenvalue weighted by molar-refractivity contribution is 7.89. The van der Waals surface area contributed by atoms with Gasteiger partial charge in [-0.3, -0.25) is 0 Å². The second kappa shape index (κ2) is 4.91. The molecular formula is C11H10ClNO3S. The number of halogens is 1. The molecule has 0 saturated heterocycles. The summed E-state index contributed by atoms with van der Waals surface area (Å²) in [5.41, 5.74) is 0. The Balaban J connectivity index is 2.09. The summed E-state index contributed by atoms with van der Waals surface area (Å²) >= 11 is 5.58. The van der Waals surface area contributed by atoms with E-state index in [1.807, 2.05) is 0 Å². The van der Waals surface area contributed by atoms with E-state index in [0.29, 0.717) is 5.76 Å². The van der Waals surface area contributed by atoms with E-state index < -0.39 is 10.0 Å². The van der Waals surface area contributed by atoms with Crippen LogP contribution in [0.1, 0.15) is 5.76 Å². The monoisotopic (exact) mass is 271 g/mol. The maximum absolute atomic E-state index is 11.8. The van der Waals surface area contributed by atoms with Gasteiger partial charge in [-0.15, -0.1) is 0 Å². The molecule has 6 heteroatoms. The van der Waals surface area contributed by atoms with Crippen molar-refractivity contribution in [2.24, 2.45) is 0 Å². The molecule has 0 atom stereocenters. The smallest absolute Gasteiger partial charge is 0.240 e. The lowest BCUT2D eigenvalue weighted by Gasteiger charge is -2.04. The number of nitrogens with one attached hydrogen (secondary N) is 1. The van der Waals surface area contributed by atoms with E-state index in [2.05, 4.69) is 4.72 Å². The van der Waals surface area contributed by atoms with Gasteiger partial charge in [0.05, 0.1) is 11.4 Å². The fourth-order valence-corrected chi connectivity index (χ4v) is 2.47. The van der Waals surface area contributed by atoms with Gasteiger partial charge in [0.15, 0.2) is 5.22 Å². The molecule has 1 heterocycles. The molecule has 0 saturated carbocycles. The standard InChI is InChI=1S/C11H10ClNO3S/c12-11-7-6-9(16-11)8-13-17(14,15)10-4-2-1-3-5-10/h1-7,13H,8H2. The molecule has 1 aromatic carbocycles. The molecule has 0 unspecified atom stereocenters. The molecule has 1 aromatic heterocycles. The molecule has 0 bridgehead atoms. The first-order valence-electron chi connectivity index (χ1n) is 4.87. The zero-order valence-corrected chi connectivity index (χ0v) is 10.3. The Bertz CT molecular complexity index is 592. The molecule has 0 aliphatic carbocycles. The van der Waals surface area contributed by atoms with E-state index in [1.165, 1.54) is 12.1 Å². The normalized spacial score (nSPS) is 11.6. The zero-order chi connectivity index (χ0) is 12.3. The largest absolute Gasteiger partial charge is 0.448 e. The minimum absolute atomic E-state index is 0.0734. The molecule has 17 heavy (non-hydrogen) atoms. The van der Waals surface area contributed by atoms with Gasteiger partial charge in [0, 0.05) is 0 Å². The summed E-state index contributed by atoms with van der Waals surface area (Å²) in [6, 6.07) is 11.3. The van der Waals surface area contributed by atoms with Crippen LogP contribution in [0.2, 0.25) is 5.22 Å². The van der Waals surface area contributed by atoms with Crippen molar-refractivity contribution in [1.82, 2.24) is 4.72 Å². The third kappa shape index (κ3) is 3.09. The van der Waals surface area contributed by atoms with E-state index in [4.69, 9.17) is 16.0 Å². The molecule has 2 aromatic rings. The third-order valence-electron chi connectivity index (χ3n) is 2.12. The first-order valence-corrected chi connectivity index (χ1v) is 6.73. The molecule has 2 rings (SSSR count). The summed E-state index contributed by atoms with van der Waals surface area (Å²) in [6.45, 7) is 0.0734. The molecule has 0 fully saturated rings. The van der Waals surface area contributed by atoms with E-state index in [9.17, 15) is 8.42 Å². The first-order chi connectivity index (χ1) is 8.08. The maximum atomic E-state index is 11.8. The number of hydrogen-bond acceptors (Lipinski definition) is 3. The Labute approximate surface area is 104 Å². The van der Waals surface area contributed by atoms with Crippen molar-refractivity contribution >= 4 is 21.6 Å². The van der Waals surface area contributed by atoms with Gasteiger partial charge >= 0.3 is 0 Å². The Hall–Kier alpha value is -1.30. The zero-order valence-electron chi connectivity index (χ0n) is 8.76. The van der Waals surface area contributed by atoms with Crippen molar-refractivity contribution in [1.29, 1.82) is 0 Å². The van der Waals surface area contributed by atoms with Crippen LogP contribution < -0.4 is 4.72 Å². The second-order valence-electron chi connectivity index (χ2n) is 3.34. The molecule has 0 aliphatic heterocycles. The Kier molecular flexibility index (Phi) is 3.51. The Morgan fingerprint density at radius 1 is 1.12 bits per heavy atom. The molecule has 0 aliphatic rings. The van der Waals surface area contributed by atoms with Crippen LogP contribution in [0.15, 0.2) is 51.8 Å². The summed E-state index contributed by atoms with van der Waals surface area (Å²) in [4.78, 5) is 0.220. The SMILES string of the molecule is O=S(=O)(NCc1ccc(Cl)o1)c1ccccc1. The van der Waals surface area contributed by atoms with Gasteiger partial charge in [-0.05, 0) is 35.9 Å². The van der Waals surface area contributed by atoms with Gasteiger partial charge in [-0.2, -0.15) is 0 Å². The quantitative estimate of drug-likeness (QED) is 0.929. The van der Waals surface area contributed by atoms with Gasteiger partial charge in [-0.25, -0.2) is 13.1 Å². The third-order valence-corrected chi connectivity index (χ3v) is 3.74. The fraction of sp³-hybridized carbons (Fsp3) is 0.0909. The average Bonchev–Trinajstić information content (AvgIpc) is 2.74. The molecule has 1 N–H and O–H groups in total. The highest BCUT2D eigenvalue weighted by Gasteiger charge is 2.13. The van der Waals surface area contributed by atoms with Crippen LogP contribution in [0.5, 0.6) is 0 Å². The van der Waals surface area contributed by atoms with Gasteiger partial charge in [0.1, 0.15) is 5.76 Å². The first kappa shape index (κ1) is 12.2. The summed E-state index contributed by atoms with van der Waals surface area (Å²) in [7, 11) is -3.50. The number of furan rings is 1. The van der Waals surface area contributed by atoms with Crippen molar-refractivity contribution < 1.29 is 12.8 Å². The predicted molar refractivity (Wildman–Crippen MR) is 64.2 cm³/mol. The van der Waals surface area contributed by atoms with E-state index in [0.717, 1.165) is 0 Å². The lowest BCUT2D eigenvalue weighted by atomic mass is 10.4. The van der Waals surface area contributed by atoms with Crippen molar-refractivity contribution in [3.8, 4) is 0 Å². The Morgan fingerprint density at radius 2 is 1.82 bits per heavy atom. The lowest BCUT2D eigenvalue weighted by Crippen LogP contribution is -2.22. The van der Waals surface area contributed by atoms with Gasteiger partial charge < -0.3 is 4.42 Å². The highest BCUT2D eigenvalue weighted by Crippen LogP contribution is 2.14. The summed E-state index contributed by atoms with van der Waals surface area (Å²) in [5.74, 6) is 0.467. The molecule has 0 radical (unpaired) electrons. The molecular weight excluding hydrogens is 262 g/mol. The van der Waals surface area contributed by atoms with E-state index in [-0.39, 0.29) is 16.7 Å². The number of sulfonamides is 1. The van der Waals surface area contributed by atoms with E-state index in [1.54, 1.807) is 30.3 Å². The van der Waals surface area contributed by atoms with Gasteiger partial charge in [0.2, 0.25) is 10.0 Å². The van der Waals surface area contributed by atoms with E-state index >= 15 is 0 Å². The topological polar surface area (TPSA) is 59.3 Å². The minimum atomic E-state index is -3.50. The van der Waals surface area contributed by atoms with Gasteiger partial charge in [-0.1, -0.05) is 18.2 Å². The minimum Gasteiger partial charge on any atom is -0.448 e. The van der Waals surface area contributed by atoms with Crippen LogP contribution in [0.4, 0.5) is 0 Å². The van der Waals surface area contributed by atoms with Crippen molar-refractivity contribution in [3.63, 3.8) is 0 Å². The highest BCUT2D eigenvalue weighted by atomic mass is 35.5. The summed E-state index contributed by atoms with van der Waals surface area (Å²) in [6.07, 6.45) is 0. The van der Waals surface area contributed by atoms with Crippen LogP contribution in [-0.4, -0.2) is 8.42 Å².